The lowest BCUT2D eigenvalue weighted by Crippen LogP contribution is -2.23. The Hall–Kier alpha value is -4.86. The van der Waals surface area contributed by atoms with E-state index >= 15 is 0 Å². The summed E-state index contributed by atoms with van der Waals surface area (Å²) in [7, 11) is 4.73. The molecule has 10 nitrogen and oxygen atoms in total. The molecule has 0 aliphatic carbocycles. The molecule has 5 aromatic rings. The van der Waals surface area contributed by atoms with Crippen LogP contribution in [0.5, 0.6) is 17.2 Å². The Kier molecular flexibility index (Phi) is 5.99. The van der Waals surface area contributed by atoms with Gasteiger partial charge in [0, 0.05) is 29.3 Å². The van der Waals surface area contributed by atoms with Crippen molar-refractivity contribution in [2.45, 2.75) is 6.54 Å². The molecular formula is C26H23N5O5. The van der Waals surface area contributed by atoms with Crippen molar-refractivity contribution in [2.75, 3.05) is 21.3 Å². The highest BCUT2D eigenvalue weighted by Gasteiger charge is 2.16. The number of nitrogens with one attached hydrogen (secondary N) is 2. The van der Waals surface area contributed by atoms with E-state index in [0.29, 0.717) is 45.1 Å². The predicted octanol–water partition coefficient (Wildman–Crippen LogP) is 3.19. The standard InChI is InChI=1S/C26H23N5O5/c1-34-18-8-4-15(5-9-18)23-24-28-26(33)20-11-7-16(12-21(20)31(24)30-29-23)25(32)27-14-17-6-10-19(35-2)13-22(17)36-3/h4-13,30H,14H2,1-3H3,(H,27,32). The summed E-state index contributed by atoms with van der Waals surface area (Å²) in [5.41, 5.74) is 2.91. The molecule has 1 amide bonds. The lowest BCUT2D eigenvalue weighted by molar-refractivity contribution is 0.0951. The van der Waals surface area contributed by atoms with Gasteiger partial charge in [0.1, 0.15) is 22.9 Å². The van der Waals surface area contributed by atoms with Gasteiger partial charge >= 0.3 is 0 Å². The average molecular weight is 486 g/mol. The van der Waals surface area contributed by atoms with Crippen LogP contribution in [0.2, 0.25) is 0 Å². The summed E-state index contributed by atoms with van der Waals surface area (Å²) in [6.45, 7) is 0.251. The Morgan fingerprint density at radius 1 is 0.944 bits per heavy atom. The van der Waals surface area contributed by atoms with E-state index < -0.39 is 5.56 Å². The van der Waals surface area contributed by atoms with Crippen molar-refractivity contribution >= 4 is 22.5 Å². The van der Waals surface area contributed by atoms with Crippen LogP contribution in [0.15, 0.2) is 65.5 Å². The Bertz CT molecular complexity index is 1640. The molecule has 0 aliphatic rings. The highest BCUT2D eigenvalue weighted by Crippen LogP contribution is 2.26. The van der Waals surface area contributed by atoms with Crippen LogP contribution in [0.1, 0.15) is 15.9 Å². The number of aromatic amines is 1. The summed E-state index contributed by atoms with van der Waals surface area (Å²) < 4.78 is 17.4. The van der Waals surface area contributed by atoms with Gasteiger partial charge in [-0.15, -0.1) is 0 Å². The van der Waals surface area contributed by atoms with E-state index in [1.165, 1.54) is 0 Å². The zero-order chi connectivity index (χ0) is 25.2. The van der Waals surface area contributed by atoms with Crippen molar-refractivity contribution in [3.8, 4) is 28.5 Å². The number of carbonyl (C=O) groups is 1. The van der Waals surface area contributed by atoms with E-state index in [-0.39, 0.29) is 12.5 Å². The first kappa shape index (κ1) is 22.9. The summed E-state index contributed by atoms with van der Waals surface area (Å²) in [5, 5.41) is 10.5. The molecule has 0 bridgehead atoms. The van der Waals surface area contributed by atoms with Gasteiger partial charge in [-0.05, 0) is 54.6 Å². The van der Waals surface area contributed by atoms with Gasteiger partial charge in [0.05, 0.1) is 32.2 Å². The number of ether oxygens (including phenoxy) is 3. The lowest BCUT2D eigenvalue weighted by Gasteiger charge is -2.11. The molecule has 2 aromatic heterocycles. The van der Waals surface area contributed by atoms with Crippen LogP contribution in [0.25, 0.3) is 27.8 Å². The number of fused-ring (bicyclic) bond motifs is 3. The number of benzene rings is 3. The molecule has 0 saturated heterocycles. The smallest absolute Gasteiger partial charge is 0.281 e. The van der Waals surface area contributed by atoms with Gasteiger partial charge in [-0.25, -0.2) is 9.73 Å². The number of aromatic nitrogens is 4. The number of amides is 1. The van der Waals surface area contributed by atoms with Crippen molar-refractivity contribution < 1.29 is 19.0 Å². The summed E-state index contributed by atoms with van der Waals surface area (Å²) in [4.78, 5) is 30.0. The maximum absolute atomic E-state index is 13.0. The molecule has 0 aliphatic heterocycles. The molecule has 0 unspecified atom stereocenters. The summed E-state index contributed by atoms with van der Waals surface area (Å²) >= 11 is 0. The van der Waals surface area contributed by atoms with Gasteiger partial charge in [-0.1, -0.05) is 0 Å². The molecule has 0 radical (unpaired) electrons. The second kappa shape index (κ2) is 9.41. The van der Waals surface area contributed by atoms with Gasteiger partial charge in [-0.3, -0.25) is 9.59 Å². The molecule has 3 aromatic carbocycles. The van der Waals surface area contributed by atoms with E-state index in [1.54, 1.807) is 68.3 Å². The third-order valence-corrected chi connectivity index (χ3v) is 5.92. The molecule has 2 heterocycles. The first-order valence-electron chi connectivity index (χ1n) is 11.1. The maximum atomic E-state index is 13.0. The second-order valence-electron chi connectivity index (χ2n) is 7.96. The molecule has 36 heavy (non-hydrogen) atoms. The van der Waals surface area contributed by atoms with Crippen LogP contribution >= 0.6 is 0 Å². The van der Waals surface area contributed by atoms with Crippen molar-refractivity contribution in [1.82, 2.24) is 25.1 Å². The minimum absolute atomic E-state index is 0.251. The zero-order valence-corrected chi connectivity index (χ0v) is 19.9. The minimum Gasteiger partial charge on any atom is -0.497 e. The van der Waals surface area contributed by atoms with Crippen molar-refractivity contribution in [3.63, 3.8) is 0 Å². The number of H-pyrrole nitrogens is 1. The fraction of sp³-hybridized carbons (Fsp3) is 0.154. The first-order valence-corrected chi connectivity index (χ1v) is 11.1. The second-order valence-corrected chi connectivity index (χ2v) is 7.96. The van der Waals surface area contributed by atoms with E-state index in [9.17, 15) is 9.59 Å². The fourth-order valence-corrected chi connectivity index (χ4v) is 3.99. The number of methoxy groups -OCH3 is 3. The highest BCUT2D eigenvalue weighted by molar-refractivity contribution is 5.98. The molecular weight excluding hydrogens is 462 g/mol. The molecule has 0 saturated carbocycles. The number of rotatable bonds is 7. The zero-order valence-electron chi connectivity index (χ0n) is 19.9. The van der Waals surface area contributed by atoms with Gasteiger partial charge in [-0.2, -0.15) is 10.1 Å². The van der Waals surface area contributed by atoms with Crippen molar-refractivity contribution in [3.05, 3.63) is 82.1 Å². The van der Waals surface area contributed by atoms with E-state index in [1.807, 2.05) is 18.2 Å². The molecule has 5 rings (SSSR count). The van der Waals surface area contributed by atoms with Crippen LogP contribution in [-0.2, 0) is 6.54 Å². The third-order valence-electron chi connectivity index (χ3n) is 5.92. The highest BCUT2D eigenvalue weighted by atomic mass is 16.5. The van der Waals surface area contributed by atoms with Crippen LogP contribution < -0.4 is 25.1 Å². The van der Waals surface area contributed by atoms with Crippen molar-refractivity contribution in [2.24, 2.45) is 0 Å². The lowest BCUT2D eigenvalue weighted by atomic mass is 10.1. The van der Waals surface area contributed by atoms with Gasteiger partial charge in [0.25, 0.3) is 11.5 Å². The number of hydrogen-bond donors (Lipinski definition) is 2. The number of hydrogen-bond acceptors (Lipinski definition) is 7. The molecule has 0 fully saturated rings. The van der Waals surface area contributed by atoms with E-state index in [0.717, 1.165) is 11.1 Å². The molecule has 0 atom stereocenters. The van der Waals surface area contributed by atoms with Crippen LogP contribution in [-0.4, -0.2) is 47.0 Å². The molecule has 2 N–H and O–H groups in total. The van der Waals surface area contributed by atoms with Crippen LogP contribution in [0.3, 0.4) is 0 Å². The topological polar surface area (TPSA) is 120 Å². The average Bonchev–Trinajstić information content (AvgIpc) is 3.35. The summed E-state index contributed by atoms with van der Waals surface area (Å²) in [6.07, 6.45) is 0. The predicted molar refractivity (Wildman–Crippen MR) is 134 cm³/mol. The summed E-state index contributed by atoms with van der Waals surface area (Å²) in [6, 6.07) is 17.5. The summed E-state index contributed by atoms with van der Waals surface area (Å²) in [5.74, 6) is 1.67. The monoisotopic (exact) mass is 485 g/mol. The SMILES string of the molecule is COc1ccc(-c2n[nH]n3c2nc(=O)c2ccc(C(=O)NCc4ccc(OC)cc4OC)cc23)cc1. The molecule has 10 heteroatoms. The molecule has 0 spiro atoms. The number of nitrogens with zero attached hydrogens (tertiary/aromatic N) is 3. The Balaban J connectivity index is 1.48. The van der Waals surface area contributed by atoms with Crippen LogP contribution in [0.4, 0.5) is 0 Å². The van der Waals surface area contributed by atoms with Crippen LogP contribution in [0, 0.1) is 0 Å². The fourth-order valence-electron chi connectivity index (χ4n) is 3.99. The maximum Gasteiger partial charge on any atom is 0.281 e. The Labute approximate surface area is 205 Å². The quantitative estimate of drug-likeness (QED) is 0.363. The third kappa shape index (κ3) is 4.09. The van der Waals surface area contributed by atoms with Crippen molar-refractivity contribution in [1.29, 1.82) is 0 Å². The van der Waals surface area contributed by atoms with E-state index in [4.69, 9.17) is 14.2 Å². The molecule has 182 valence electrons. The Morgan fingerprint density at radius 2 is 1.69 bits per heavy atom. The van der Waals surface area contributed by atoms with Gasteiger partial charge in [0.15, 0.2) is 5.65 Å². The number of carbonyl (C=O) groups excluding carboxylic acids is 1. The Morgan fingerprint density at radius 3 is 2.42 bits per heavy atom. The van der Waals surface area contributed by atoms with Gasteiger partial charge < -0.3 is 19.5 Å². The first-order chi connectivity index (χ1) is 17.5. The minimum atomic E-state index is -0.406. The van der Waals surface area contributed by atoms with E-state index in [2.05, 4.69) is 20.6 Å². The largest absolute Gasteiger partial charge is 0.497 e. The normalized spacial score (nSPS) is 11.0. The van der Waals surface area contributed by atoms with Gasteiger partial charge in [0.2, 0.25) is 0 Å².